The fraction of sp³-hybridized carbons (Fsp3) is 0.125. The number of methoxy groups -OCH3 is 1. The van der Waals surface area contributed by atoms with Crippen molar-refractivity contribution in [3.8, 4) is 17.4 Å². The third-order valence-electron chi connectivity index (χ3n) is 4.94. The van der Waals surface area contributed by atoms with E-state index >= 15 is 0 Å². The second-order valence-corrected chi connectivity index (χ2v) is 9.98. The second kappa shape index (κ2) is 10.8. The molecule has 186 valence electrons. The summed E-state index contributed by atoms with van der Waals surface area (Å²) in [4.78, 5) is 12.6. The lowest BCUT2D eigenvalue weighted by molar-refractivity contribution is -0.832. The highest BCUT2D eigenvalue weighted by atomic mass is 79.9. The van der Waals surface area contributed by atoms with Crippen LogP contribution in [0.2, 0.25) is 0 Å². The van der Waals surface area contributed by atoms with Gasteiger partial charge in [0, 0.05) is 21.7 Å². The van der Waals surface area contributed by atoms with Gasteiger partial charge in [-0.1, -0.05) is 46.3 Å². The second-order valence-electron chi connectivity index (χ2n) is 7.26. The molecule has 0 fully saturated rings. The predicted octanol–water partition coefficient (Wildman–Crippen LogP) is 3.60. The summed E-state index contributed by atoms with van der Waals surface area (Å²) in [5, 5.41) is 14.6. The first-order chi connectivity index (χ1) is 17.3. The molecule has 0 saturated carbocycles. The number of nitrogens with zero attached hydrogens (tertiary/aromatic N) is 2. The van der Waals surface area contributed by atoms with Crippen molar-refractivity contribution in [1.29, 1.82) is 0 Å². The van der Waals surface area contributed by atoms with E-state index in [0.29, 0.717) is 27.1 Å². The monoisotopic (exact) mass is 574 g/mol. The molecule has 0 N–H and O–H groups in total. The standard InChI is InChI=1S/C24H19BrN2O8S/c1-32-17-13-16(22(28)20-9-5-6-10-21(20)25)14-18(15-17)33-11-12-34-23-24(27(29)35-26-23)36(30,31)19-7-3-2-4-8-19/h2-10,13-15H,11-12H2,1H3. The third kappa shape index (κ3) is 5.34. The zero-order valence-corrected chi connectivity index (χ0v) is 21.2. The number of rotatable bonds is 10. The van der Waals surface area contributed by atoms with Gasteiger partial charge in [0.2, 0.25) is 0 Å². The van der Waals surface area contributed by atoms with Crippen LogP contribution in [-0.2, 0) is 9.84 Å². The number of carbonyl (C=O) groups excluding carboxylic acids is 1. The summed E-state index contributed by atoms with van der Waals surface area (Å²) in [6, 6.07) is 19.1. The third-order valence-corrected chi connectivity index (χ3v) is 7.36. The van der Waals surface area contributed by atoms with Gasteiger partial charge >= 0.3 is 10.9 Å². The smallest absolute Gasteiger partial charge is 0.415 e. The molecule has 1 heterocycles. The van der Waals surface area contributed by atoms with Gasteiger partial charge in [0.15, 0.2) is 5.78 Å². The molecule has 12 heteroatoms. The van der Waals surface area contributed by atoms with Crippen molar-refractivity contribution in [2.45, 2.75) is 9.92 Å². The summed E-state index contributed by atoms with van der Waals surface area (Å²) in [6.07, 6.45) is 0. The first-order valence-electron chi connectivity index (χ1n) is 10.4. The molecule has 0 radical (unpaired) electrons. The minimum atomic E-state index is -4.23. The lowest BCUT2D eigenvalue weighted by Gasteiger charge is -2.11. The molecule has 3 aromatic carbocycles. The van der Waals surface area contributed by atoms with Gasteiger partial charge in [0.1, 0.15) is 24.7 Å². The van der Waals surface area contributed by atoms with E-state index in [1.807, 2.05) is 0 Å². The maximum atomic E-state index is 13.0. The Morgan fingerprint density at radius 1 is 1.00 bits per heavy atom. The molecule has 0 aliphatic heterocycles. The van der Waals surface area contributed by atoms with E-state index in [9.17, 15) is 18.4 Å². The van der Waals surface area contributed by atoms with Gasteiger partial charge in [0.05, 0.1) is 17.2 Å². The van der Waals surface area contributed by atoms with E-state index in [0.717, 1.165) is 0 Å². The number of hydrogen-bond donors (Lipinski definition) is 0. The van der Waals surface area contributed by atoms with Crippen LogP contribution in [0.5, 0.6) is 17.4 Å². The fourth-order valence-electron chi connectivity index (χ4n) is 3.24. The average Bonchev–Trinajstić information content (AvgIpc) is 3.27. The van der Waals surface area contributed by atoms with Crippen LogP contribution < -0.4 is 19.1 Å². The summed E-state index contributed by atoms with van der Waals surface area (Å²) in [5.74, 6) is 0.00205. The number of ketones is 1. The van der Waals surface area contributed by atoms with Crippen LogP contribution in [0.1, 0.15) is 15.9 Å². The summed E-state index contributed by atoms with van der Waals surface area (Å²) < 4.78 is 47.1. The van der Waals surface area contributed by atoms with Gasteiger partial charge in [-0.3, -0.25) is 9.42 Å². The highest BCUT2D eigenvalue weighted by Crippen LogP contribution is 2.28. The lowest BCUT2D eigenvalue weighted by Crippen LogP contribution is -2.31. The van der Waals surface area contributed by atoms with E-state index in [1.54, 1.807) is 48.5 Å². The van der Waals surface area contributed by atoms with Crippen LogP contribution >= 0.6 is 15.9 Å². The quantitative estimate of drug-likeness (QED) is 0.158. The Kier molecular flexibility index (Phi) is 7.55. The summed E-state index contributed by atoms with van der Waals surface area (Å²) in [5.41, 5.74) is 0.821. The van der Waals surface area contributed by atoms with Gasteiger partial charge in [-0.05, 0) is 41.3 Å². The molecule has 0 saturated heterocycles. The summed E-state index contributed by atoms with van der Waals surface area (Å²) in [6.45, 7) is -0.235. The van der Waals surface area contributed by atoms with E-state index in [2.05, 4.69) is 25.7 Å². The van der Waals surface area contributed by atoms with Crippen LogP contribution in [0.3, 0.4) is 0 Å². The van der Waals surface area contributed by atoms with E-state index in [1.165, 1.54) is 31.4 Å². The van der Waals surface area contributed by atoms with Gasteiger partial charge in [-0.25, -0.2) is 8.42 Å². The lowest BCUT2D eigenvalue weighted by atomic mass is 10.0. The molecule has 0 spiro atoms. The van der Waals surface area contributed by atoms with Gasteiger partial charge < -0.3 is 19.4 Å². The first kappa shape index (κ1) is 25.2. The van der Waals surface area contributed by atoms with Crippen molar-refractivity contribution in [1.82, 2.24) is 5.16 Å². The van der Waals surface area contributed by atoms with Gasteiger partial charge in [-0.15, -0.1) is 0 Å². The Hall–Kier alpha value is -3.90. The zero-order valence-electron chi connectivity index (χ0n) is 18.8. The number of benzene rings is 3. The Balaban J connectivity index is 1.47. The topological polar surface area (TPSA) is 132 Å². The SMILES string of the molecule is COc1cc(OCCOc2no[n+]([O-])c2S(=O)(=O)c2ccccc2)cc(C(=O)c2ccccc2Br)c1. The normalized spacial score (nSPS) is 11.2. The largest absolute Gasteiger partial charge is 0.497 e. The summed E-state index contributed by atoms with van der Waals surface area (Å²) in [7, 11) is -2.77. The Morgan fingerprint density at radius 3 is 2.39 bits per heavy atom. The fourth-order valence-corrected chi connectivity index (χ4v) is 5.00. The molecule has 10 nitrogen and oxygen atoms in total. The molecule has 0 aliphatic carbocycles. The maximum Gasteiger partial charge on any atom is 0.415 e. The summed E-state index contributed by atoms with van der Waals surface area (Å²) >= 11 is 3.38. The highest BCUT2D eigenvalue weighted by molar-refractivity contribution is 9.10. The minimum Gasteiger partial charge on any atom is -0.497 e. The maximum absolute atomic E-state index is 13.0. The van der Waals surface area contributed by atoms with Crippen molar-refractivity contribution in [3.63, 3.8) is 0 Å². The van der Waals surface area contributed by atoms with Crippen LogP contribution in [0.15, 0.2) is 91.8 Å². The molecule has 4 aromatic rings. The number of carbonyl (C=O) groups is 1. The van der Waals surface area contributed by atoms with Crippen molar-refractivity contribution in [3.05, 3.63) is 93.6 Å². The molecular weight excluding hydrogens is 556 g/mol. The molecule has 0 bridgehead atoms. The van der Waals surface area contributed by atoms with Crippen molar-refractivity contribution in [2.75, 3.05) is 20.3 Å². The van der Waals surface area contributed by atoms with E-state index < -0.39 is 20.7 Å². The molecule has 4 rings (SSSR count). The average molecular weight is 575 g/mol. The van der Waals surface area contributed by atoms with Crippen LogP contribution in [-0.4, -0.2) is 39.7 Å². The highest BCUT2D eigenvalue weighted by Gasteiger charge is 2.35. The molecule has 0 unspecified atom stereocenters. The number of aromatic nitrogens is 2. The molecule has 1 aromatic heterocycles. The van der Waals surface area contributed by atoms with Gasteiger partial charge in [-0.2, -0.15) is 0 Å². The Labute approximate surface area is 214 Å². The zero-order chi connectivity index (χ0) is 25.7. The Bertz CT molecular complexity index is 1490. The van der Waals surface area contributed by atoms with Crippen molar-refractivity contribution >= 4 is 31.6 Å². The minimum absolute atomic E-state index is 0.0631. The predicted molar refractivity (Wildman–Crippen MR) is 129 cm³/mol. The van der Waals surface area contributed by atoms with Crippen LogP contribution in [0.4, 0.5) is 0 Å². The number of halogens is 1. The number of ether oxygens (including phenoxy) is 3. The molecule has 0 aliphatic rings. The molecule has 0 amide bonds. The van der Waals surface area contributed by atoms with Crippen LogP contribution in [0.25, 0.3) is 0 Å². The van der Waals surface area contributed by atoms with Crippen LogP contribution in [0, 0.1) is 5.21 Å². The van der Waals surface area contributed by atoms with E-state index in [4.69, 9.17) is 14.2 Å². The van der Waals surface area contributed by atoms with Crippen molar-refractivity contribution in [2.24, 2.45) is 0 Å². The molecular formula is C24H19BrN2O8S. The van der Waals surface area contributed by atoms with Gasteiger partial charge in [0.25, 0.3) is 9.84 Å². The molecule has 36 heavy (non-hydrogen) atoms. The number of hydrogen-bond acceptors (Lipinski definition) is 9. The molecule has 0 atom stereocenters. The first-order valence-corrected chi connectivity index (χ1v) is 12.7. The Morgan fingerprint density at radius 2 is 1.67 bits per heavy atom. The number of sulfone groups is 1. The van der Waals surface area contributed by atoms with E-state index in [-0.39, 0.29) is 28.8 Å². The van der Waals surface area contributed by atoms with Crippen molar-refractivity contribution < 1.29 is 37.0 Å².